The van der Waals surface area contributed by atoms with Crippen molar-refractivity contribution in [3.63, 3.8) is 0 Å². The number of benzene rings is 1. The molecule has 1 N–H and O–H groups in total. The second kappa shape index (κ2) is 6.03. The Morgan fingerprint density at radius 2 is 1.96 bits per heavy atom. The van der Waals surface area contributed by atoms with Crippen LogP contribution in [0.2, 0.25) is 0 Å². The van der Waals surface area contributed by atoms with Gasteiger partial charge in [0.05, 0.1) is 16.8 Å². The third-order valence-electron chi connectivity index (χ3n) is 4.72. The molecule has 2 aliphatic rings. The SMILES string of the molecule is C[C@@H]1CC[C@H]2C(=O)N(NC(=O)c3cccc([N+](=O)[O-])c3)C(=O)[C@H]2C1. The molecule has 1 aliphatic carbocycles. The van der Waals surface area contributed by atoms with Crippen molar-refractivity contribution in [2.24, 2.45) is 17.8 Å². The molecule has 1 saturated heterocycles. The third kappa shape index (κ3) is 2.75. The number of hydrogen-bond donors (Lipinski definition) is 1. The molecule has 1 aliphatic heterocycles. The molecule has 3 atom stereocenters. The summed E-state index contributed by atoms with van der Waals surface area (Å²) in [5.41, 5.74) is 2.09. The van der Waals surface area contributed by atoms with Crippen LogP contribution in [0.25, 0.3) is 0 Å². The van der Waals surface area contributed by atoms with E-state index in [2.05, 4.69) is 5.43 Å². The van der Waals surface area contributed by atoms with Gasteiger partial charge in [0.25, 0.3) is 23.4 Å². The lowest BCUT2D eigenvalue weighted by Crippen LogP contribution is -2.46. The smallest absolute Gasteiger partial charge is 0.270 e. The van der Waals surface area contributed by atoms with Crippen LogP contribution in [0.1, 0.15) is 36.5 Å². The Morgan fingerprint density at radius 1 is 1.25 bits per heavy atom. The normalized spacial score (nSPS) is 26.2. The van der Waals surface area contributed by atoms with Crippen molar-refractivity contribution >= 4 is 23.4 Å². The number of nitro groups is 1. The molecular formula is C16H17N3O5. The maximum absolute atomic E-state index is 12.4. The standard InChI is InChI=1S/C16H17N3O5/c1-9-5-6-12-13(7-9)16(22)18(15(12)21)17-14(20)10-3-2-4-11(8-10)19(23)24/h2-4,8-9,12-13H,5-7H2,1H3,(H,17,20)/t9-,12-,13+/m1/s1. The molecule has 0 spiro atoms. The van der Waals surface area contributed by atoms with E-state index in [1.165, 1.54) is 18.2 Å². The van der Waals surface area contributed by atoms with Gasteiger partial charge in [0.1, 0.15) is 0 Å². The fourth-order valence-electron chi connectivity index (χ4n) is 3.43. The highest BCUT2D eigenvalue weighted by molar-refractivity contribution is 6.07. The summed E-state index contributed by atoms with van der Waals surface area (Å²) in [7, 11) is 0. The van der Waals surface area contributed by atoms with Gasteiger partial charge in [0.15, 0.2) is 0 Å². The number of carbonyl (C=O) groups excluding carboxylic acids is 3. The Morgan fingerprint density at radius 3 is 2.67 bits per heavy atom. The van der Waals surface area contributed by atoms with E-state index in [0.29, 0.717) is 18.8 Å². The summed E-state index contributed by atoms with van der Waals surface area (Å²) in [6, 6.07) is 5.14. The van der Waals surface area contributed by atoms with E-state index in [4.69, 9.17) is 0 Å². The summed E-state index contributed by atoms with van der Waals surface area (Å²) in [5, 5.41) is 11.6. The lowest BCUT2D eigenvalue weighted by molar-refractivity contribution is -0.384. The summed E-state index contributed by atoms with van der Waals surface area (Å²) in [6.07, 6.45) is 2.16. The van der Waals surface area contributed by atoms with Crippen molar-refractivity contribution in [3.05, 3.63) is 39.9 Å². The number of rotatable bonds is 3. The van der Waals surface area contributed by atoms with Crippen LogP contribution in [0.4, 0.5) is 5.69 Å². The van der Waals surface area contributed by atoms with Gasteiger partial charge in [-0.2, -0.15) is 5.01 Å². The van der Waals surface area contributed by atoms with Crippen molar-refractivity contribution in [1.29, 1.82) is 0 Å². The molecule has 1 aromatic rings. The van der Waals surface area contributed by atoms with E-state index in [9.17, 15) is 24.5 Å². The van der Waals surface area contributed by atoms with Gasteiger partial charge in [-0.3, -0.25) is 29.9 Å². The van der Waals surface area contributed by atoms with Crippen LogP contribution in [-0.2, 0) is 9.59 Å². The maximum atomic E-state index is 12.4. The number of non-ortho nitro benzene ring substituents is 1. The zero-order valence-corrected chi connectivity index (χ0v) is 13.1. The van der Waals surface area contributed by atoms with Crippen LogP contribution < -0.4 is 5.43 Å². The first kappa shape index (κ1) is 16.1. The van der Waals surface area contributed by atoms with E-state index < -0.39 is 22.6 Å². The molecule has 8 nitrogen and oxygen atoms in total. The minimum Gasteiger partial charge on any atom is -0.272 e. The summed E-state index contributed by atoms with van der Waals surface area (Å²) >= 11 is 0. The van der Waals surface area contributed by atoms with Crippen LogP contribution in [0, 0.1) is 27.9 Å². The molecule has 0 bridgehead atoms. The fourth-order valence-corrected chi connectivity index (χ4v) is 3.43. The van der Waals surface area contributed by atoms with E-state index in [-0.39, 0.29) is 23.1 Å². The number of imide groups is 1. The summed E-state index contributed by atoms with van der Waals surface area (Å²) in [6.45, 7) is 2.04. The lowest BCUT2D eigenvalue weighted by atomic mass is 9.76. The molecule has 1 heterocycles. The topological polar surface area (TPSA) is 110 Å². The van der Waals surface area contributed by atoms with Crippen molar-refractivity contribution in [1.82, 2.24) is 10.4 Å². The Kier molecular flexibility index (Phi) is 4.04. The Labute approximate surface area is 137 Å². The molecule has 3 amide bonds. The molecule has 24 heavy (non-hydrogen) atoms. The number of nitro benzene ring substituents is 1. The van der Waals surface area contributed by atoms with Gasteiger partial charge >= 0.3 is 0 Å². The minimum absolute atomic E-state index is 0.0213. The molecule has 0 aromatic heterocycles. The average molecular weight is 331 g/mol. The predicted octanol–water partition coefficient (Wildman–Crippen LogP) is 1.66. The molecule has 1 saturated carbocycles. The maximum Gasteiger partial charge on any atom is 0.270 e. The molecule has 1 aromatic carbocycles. The number of nitrogens with zero attached hydrogens (tertiary/aromatic N) is 2. The van der Waals surface area contributed by atoms with Gasteiger partial charge in [0.2, 0.25) is 0 Å². The lowest BCUT2D eigenvalue weighted by Gasteiger charge is -2.25. The largest absolute Gasteiger partial charge is 0.272 e. The first-order chi connectivity index (χ1) is 11.4. The van der Waals surface area contributed by atoms with Crippen LogP contribution >= 0.6 is 0 Å². The molecular weight excluding hydrogens is 314 g/mol. The molecule has 3 rings (SSSR count). The Bertz CT molecular complexity index is 732. The fraction of sp³-hybridized carbons (Fsp3) is 0.438. The second-order valence-corrected chi connectivity index (χ2v) is 6.39. The van der Waals surface area contributed by atoms with Gasteiger partial charge in [-0.15, -0.1) is 0 Å². The molecule has 0 radical (unpaired) electrons. The van der Waals surface area contributed by atoms with Crippen molar-refractivity contribution < 1.29 is 19.3 Å². The Balaban J connectivity index is 1.77. The minimum atomic E-state index is -0.716. The first-order valence-corrected chi connectivity index (χ1v) is 7.81. The Hall–Kier alpha value is -2.77. The number of hydrogen-bond acceptors (Lipinski definition) is 5. The zero-order valence-electron chi connectivity index (χ0n) is 13.1. The molecule has 8 heteroatoms. The van der Waals surface area contributed by atoms with Crippen molar-refractivity contribution in [3.8, 4) is 0 Å². The van der Waals surface area contributed by atoms with Gasteiger partial charge < -0.3 is 0 Å². The summed E-state index contributed by atoms with van der Waals surface area (Å²) in [4.78, 5) is 47.2. The molecule has 126 valence electrons. The summed E-state index contributed by atoms with van der Waals surface area (Å²) < 4.78 is 0. The van der Waals surface area contributed by atoms with E-state index in [0.717, 1.165) is 17.5 Å². The molecule has 2 fully saturated rings. The van der Waals surface area contributed by atoms with Gasteiger partial charge in [-0.05, 0) is 31.2 Å². The number of hydrazine groups is 1. The van der Waals surface area contributed by atoms with Crippen molar-refractivity contribution in [2.45, 2.75) is 26.2 Å². The zero-order chi connectivity index (χ0) is 17.4. The van der Waals surface area contributed by atoms with Crippen LogP contribution in [0.15, 0.2) is 24.3 Å². The number of amides is 3. The quantitative estimate of drug-likeness (QED) is 0.514. The highest BCUT2D eigenvalue weighted by Crippen LogP contribution is 2.39. The van der Waals surface area contributed by atoms with E-state index >= 15 is 0 Å². The highest BCUT2D eigenvalue weighted by Gasteiger charge is 2.50. The van der Waals surface area contributed by atoms with Crippen LogP contribution in [0.3, 0.4) is 0 Å². The number of fused-ring (bicyclic) bond motifs is 1. The van der Waals surface area contributed by atoms with Crippen LogP contribution in [-0.4, -0.2) is 27.7 Å². The number of carbonyl (C=O) groups is 3. The molecule has 0 unspecified atom stereocenters. The van der Waals surface area contributed by atoms with Gasteiger partial charge in [0, 0.05) is 17.7 Å². The summed E-state index contributed by atoms with van der Waals surface area (Å²) in [5.74, 6) is -1.89. The highest BCUT2D eigenvalue weighted by atomic mass is 16.6. The van der Waals surface area contributed by atoms with Crippen molar-refractivity contribution in [2.75, 3.05) is 0 Å². The average Bonchev–Trinajstić information content (AvgIpc) is 2.79. The van der Waals surface area contributed by atoms with E-state index in [1.807, 2.05) is 6.92 Å². The number of nitrogens with one attached hydrogen (secondary N) is 1. The predicted molar refractivity (Wildman–Crippen MR) is 82.4 cm³/mol. The van der Waals surface area contributed by atoms with Gasteiger partial charge in [-0.25, -0.2) is 0 Å². The monoisotopic (exact) mass is 331 g/mol. The van der Waals surface area contributed by atoms with E-state index in [1.54, 1.807) is 0 Å². The second-order valence-electron chi connectivity index (χ2n) is 6.39. The van der Waals surface area contributed by atoms with Crippen LogP contribution in [0.5, 0.6) is 0 Å². The van der Waals surface area contributed by atoms with Gasteiger partial charge in [-0.1, -0.05) is 13.0 Å². The first-order valence-electron chi connectivity index (χ1n) is 7.81. The third-order valence-corrected chi connectivity index (χ3v) is 4.72.